The quantitative estimate of drug-likeness (QED) is 0.160. The van der Waals surface area contributed by atoms with Gasteiger partial charge < -0.3 is 9.13 Å². The fraction of sp³-hybridized carbons (Fsp3) is 0.346. The van der Waals surface area contributed by atoms with Gasteiger partial charge in [0, 0.05) is 69.3 Å². The minimum Gasteiger partial charge on any atom is -0.313 e. The molecule has 6 heteroatoms. The molecule has 0 amide bonds. The second-order valence-corrected chi connectivity index (χ2v) is 19.2. The lowest BCUT2D eigenvalue weighted by Gasteiger charge is -2.22. The molecule has 3 heterocycles. The monoisotopic (exact) mass is 768 g/mol. The lowest BCUT2D eigenvalue weighted by Crippen LogP contribution is -2.24. The molecular weight excluding hydrogens is 709 g/mol. The number of aliphatic imine (C=N–C) groups is 2. The van der Waals surface area contributed by atoms with Gasteiger partial charge in [0.1, 0.15) is 22.6 Å². The molecule has 6 nitrogen and oxygen atoms in total. The van der Waals surface area contributed by atoms with E-state index < -0.39 is 0 Å². The Labute approximate surface area is 345 Å². The normalized spacial score (nSPS) is 17.3. The molecule has 2 aromatic heterocycles. The molecule has 1 aliphatic rings. The highest BCUT2D eigenvalue weighted by molar-refractivity contribution is 6.10. The third-order valence-corrected chi connectivity index (χ3v) is 11.8. The Morgan fingerprint density at radius 3 is 1.52 bits per heavy atom. The Morgan fingerprint density at radius 1 is 0.466 bits per heavy atom. The average molecular weight is 769 g/mol. The second-order valence-electron chi connectivity index (χ2n) is 19.2. The van der Waals surface area contributed by atoms with E-state index in [9.17, 15) is 0 Å². The largest absolute Gasteiger partial charge is 0.313 e. The van der Waals surface area contributed by atoms with Gasteiger partial charge in [0.05, 0.1) is 11.4 Å². The molecule has 7 rings (SSSR count). The van der Waals surface area contributed by atoms with Crippen molar-refractivity contribution in [2.45, 2.75) is 106 Å². The Hall–Kier alpha value is -5.62. The van der Waals surface area contributed by atoms with E-state index in [2.05, 4.69) is 185 Å². The lowest BCUT2D eigenvalue weighted by molar-refractivity contribution is 0.589. The van der Waals surface area contributed by atoms with Gasteiger partial charge in [-0.15, -0.1) is 0 Å². The van der Waals surface area contributed by atoms with E-state index in [4.69, 9.17) is 20.0 Å². The van der Waals surface area contributed by atoms with Crippen LogP contribution in [-0.4, -0.2) is 20.6 Å². The van der Waals surface area contributed by atoms with Gasteiger partial charge in [0.2, 0.25) is 0 Å². The van der Waals surface area contributed by atoms with Crippen molar-refractivity contribution in [3.63, 3.8) is 0 Å². The number of benzene rings is 4. The maximum atomic E-state index is 5.49. The minimum absolute atomic E-state index is 0.0496. The van der Waals surface area contributed by atoms with E-state index in [1.54, 1.807) is 0 Å². The number of rotatable bonds is 1. The molecule has 6 aromatic rings. The van der Waals surface area contributed by atoms with Crippen molar-refractivity contribution in [3.05, 3.63) is 141 Å². The van der Waals surface area contributed by atoms with E-state index in [0.717, 1.165) is 84.3 Å². The molecule has 0 fully saturated rings. The van der Waals surface area contributed by atoms with E-state index in [-0.39, 0.29) is 16.2 Å². The van der Waals surface area contributed by atoms with Gasteiger partial charge >= 0.3 is 0 Å². The summed E-state index contributed by atoms with van der Waals surface area (Å²) >= 11 is 0. The molecule has 0 saturated carbocycles. The Morgan fingerprint density at radius 2 is 0.931 bits per heavy atom. The number of hydrogen-bond acceptors (Lipinski definition) is 4. The molecule has 0 saturated heterocycles. The van der Waals surface area contributed by atoms with Gasteiger partial charge in [0.15, 0.2) is 0 Å². The molecule has 0 spiro atoms. The average Bonchev–Trinajstić information content (AvgIpc) is 3.56. The summed E-state index contributed by atoms with van der Waals surface area (Å²) in [7, 11) is 4.12. The number of aromatic nitrogens is 2. The first kappa shape index (κ1) is 40.6. The van der Waals surface area contributed by atoms with Crippen LogP contribution in [0.1, 0.15) is 128 Å². The van der Waals surface area contributed by atoms with Crippen molar-refractivity contribution in [1.29, 1.82) is 0 Å². The van der Waals surface area contributed by atoms with Crippen LogP contribution in [0.3, 0.4) is 0 Å². The summed E-state index contributed by atoms with van der Waals surface area (Å²) in [6.07, 6.45) is 0.910. The fourth-order valence-corrected chi connectivity index (χ4v) is 7.99. The minimum atomic E-state index is -0.0839. The Balaban J connectivity index is 1.65. The molecule has 58 heavy (non-hydrogen) atoms. The highest BCUT2D eigenvalue weighted by atomic mass is 15.1. The van der Waals surface area contributed by atoms with Crippen LogP contribution in [0.4, 0.5) is 11.6 Å². The third kappa shape index (κ3) is 7.23. The zero-order chi connectivity index (χ0) is 42.2. The van der Waals surface area contributed by atoms with Crippen molar-refractivity contribution < 1.29 is 0 Å². The van der Waals surface area contributed by atoms with Crippen LogP contribution >= 0.6 is 0 Å². The first-order valence-corrected chi connectivity index (χ1v) is 20.5. The lowest BCUT2D eigenvalue weighted by atomic mass is 9.84. The van der Waals surface area contributed by atoms with Crippen LogP contribution in [0.5, 0.6) is 0 Å². The van der Waals surface area contributed by atoms with Gasteiger partial charge in [-0.1, -0.05) is 131 Å². The zero-order valence-corrected chi connectivity index (χ0v) is 37.2. The van der Waals surface area contributed by atoms with Crippen molar-refractivity contribution in [2.24, 2.45) is 34.1 Å². The van der Waals surface area contributed by atoms with Gasteiger partial charge in [-0.2, -0.15) is 0 Å². The molecule has 4 aromatic carbocycles. The molecule has 1 aliphatic heterocycles. The van der Waals surface area contributed by atoms with Crippen LogP contribution in [0.2, 0.25) is 0 Å². The number of nitrogens with zero attached hydrogens (tertiary/aromatic N) is 6. The van der Waals surface area contributed by atoms with Gasteiger partial charge in [-0.05, 0) is 83.0 Å². The summed E-state index contributed by atoms with van der Waals surface area (Å²) in [5.41, 5.74) is 13.2. The Bertz CT molecular complexity index is 2880. The summed E-state index contributed by atoms with van der Waals surface area (Å²) < 4.78 is 4.23. The molecule has 0 aliphatic carbocycles. The zero-order valence-electron chi connectivity index (χ0n) is 37.2. The standard InChI is InChI=1S/C52H60N6/c1-17-34-18-22-40-44(26-34)48-53-30(2)38-23-19-35(50(6,7)8)28-43(38)33(5)56-47-41-25-21-37(52(12,13)14)29-45(41)49(58(47)16)54-31(3)39-24-20-36(51(9,10)11)27-42(39)32(4)55-46(40)57(48)15/h18-29H,2,4,17H2,1,3,5-16H3/b53-48-,54-31+,55-46-,56-33+. The summed E-state index contributed by atoms with van der Waals surface area (Å²) in [5.74, 6) is 1.70. The highest BCUT2D eigenvalue weighted by Crippen LogP contribution is 2.41. The van der Waals surface area contributed by atoms with Crippen LogP contribution in [-0.2, 0) is 36.8 Å². The van der Waals surface area contributed by atoms with Gasteiger partial charge in [-0.3, -0.25) is 0 Å². The molecular formula is C52H60N6. The van der Waals surface area contributed by atoms with Crippen LogP contribution in [0.25, 0.3) is 32.9 Å². The predicted octanol–water partition coefficient (Wildman–Crippen LogP) is 12.3. The van der Waals surface area contributed by atoms with Crippen LogP contribution < -0.4 is 11.0 Å². The molecule has 0 atom stereocenters. The predicted molar refractivity (Wildman–Crippen MR) is 248 cm³/mol. The topological polar surface area (TPSA) is 59.3 Å². The molecule has 298 valence electrons. The summed E-state index contributed by atoms with van der Waals surface area (Å²) in [6, 6.07) is 26.6. The SMILES string of the molecule is C=C1/N=c2/c3ccc(CC)cc3/c(n2C)=N/C(=C)c2ccc(C(C)(C)C)cc2/C(C)=N/c2c3ccc(C(C)(C)C)cc3c(n2C)/N=C(\C)c2ccc(C(C)(C)C)cc21. The summed E-state index contributed by atoms with van der Waals surface area (Å²) in [6.45, 7) is 35.9. The van der Waals surface area contributed by atoms with Crippen molar-refractivity contribution in [1.82, 2.24) is 9.13 Å². The molecule has 0 radical (unpaired) electrons. The number of hydrogen-bond donors (Lipinski definition) is 0. The van der Waals surface area contributed by atoms with Crippen LogP contribution in [0, 0.1) is 0 Å². The summed E-state index contributed by atoms with van der Waals surface area (Å²) in [4.78, 5) is 21.7. The van der Waals surface area contributed by atoms with Gasteiger partial charge in [0.25, 0.3) is 0 Å². The summed E-state index contributed by atoms with van der Waals surface area (Å²) in [5, 5.41) is 4.16. The first-order chi connectivity index (χ1) is 27.1. The fourth-order valence-electron chi connectivity index (χ4n) is 7.99. The smallest absolute Gasteiger partial charge is 0.142 e. The van der Waals surface area contributed by atoms with E-state index in [1.807, 2.05) is 7.05 Å². The highest BCUT2D eigenvalue weighted by Gasteiger charge is 2.24. The maximum Gasteiger partial charge on any atom is 0.142 e. The second kappa shape index (κ2) is 14.3. The van der Waals surface area contributed by atoms with Crippen molar-refractivity contribution >= 4 is 56.0 Å². The molecule has 4 bridgehead atoms. The van der Waals surface area contributed by atoms with Gasteiger partial charge in [-0.25, -0.2) is 20.0 Å². The van der Waals surface area contributed by atoms with E-state index in [0.29, 0.717) is 11.4 Å². The Kier molecular flexibility index (Phi) is 10.0. The molecule has 0 N–H and O–H groups in total. The van der Waals surface area contributed by atoms with E-state index in [1.165, 1.54) is 22.3 Å². The third-order valence-electron chi connectivity index (χ3n) is 11.8. The van der Waals surface area contributed by atoms with E-state index >= 15 is 0 Å². The van der Waals surface area contributed by atoms with Crippen molar-refractivity contribution in [3.8, 4) is 0 Å². The molecule has 0 unspecified atom stereocenters. The first-order valence-electron chi connectivity index (χ1n) is 20.5. The number of aryl methyl sites for hydroxylation is 1. The number of fused-ring (bicyclic) bond motifs is 12. The maximum absolute atomic E-state index is 5.49. The van der Waals surface area contributed by atoms with Crippen LogP contribution in [0.15, 0.2) is 106 Å². The van der Waals surface area contributed by atoms with Crippen molar-refractivity contribution in [2.75, 3.05) is 0 Å².